The van der Waals surface area contributed by atoms with E-state index in [1.54, 1.807) is 0 Å². The third-order valence-corrected chi connectivity index (χ3v) is 2.59. The number of halogens is 2. The molecule has 0 aliphatic carbocycles. The zero-order valence-corrected chi connectivity index (χ0v) is 9.85. The van der Waals surface area contributed by atoms with Gasteiger partial charge in [-0.3, -0.25) is 4.98 Å². The highest BCUT2D eigenvalue weighted by molar-refractivity contribution is 5.98. The topological polar surface area (TPSA) is 59.4 Å². The molecule has 6 heteroatoms. The summed E-state index contributed by atoms with van der Waals surface area (Å²) < 4.78 is 31.8. The average Bonchev–Trinajstić information content (AvgIpc) is 2.40. The molecular formula is C13H9F2NO3. The Labute approximate surface area is 107 Å². The Hall–Kier alpha value is -2.50. The largest absolute Gasteiger partial charge is 0.494 e. The lowest BCUT2D eigenvalue weighted by Gasteiger charge is -2.10. The van der Waals surface area contributed by atoms with Gasteiger partial charge in [-0.2, -0.15) is 0 Å². The summed E-state index contributed by atoms with van der Waals surface area (Å²) in [5.74, 6) is -3.51. The SMILES string of the molecule is COc1cncc(-c2cccc(F)c2F)c1C(=O)O. The maximum Gasteiger partial charge on any atom is 0.340 e. The molecule has 0 amide bonds. The fourth-order valence-electron chi connectivity index (χ4n) is 1.73. The quantitative estimate of drug-likeness (QED) is 0.927. The minimum Gasteiger partial charge on any atom is -0.494 e. The molecule has 0 fully saturated rings. The lowest BCUT2D eigenvalue weighted by Crippen LogP contribution is -2.05. The third kappa shape index (κ3) is 2.24. The number of carboxylic acid groups (broad SMARTS) is 1. The Bertz CT molecular complexity index is 644. The van der Waals surface area contributed by atoms with Crippen molar-refractivity contribution in [3.63, 3.8) is 0 Å². The van der Waals surface area contributed by atoms with E-state index in [0.29, 0.717) is 0 Å². The van der Waals surface area contributed by atoms with E-state index in [0.717, 1.165) is 12.3 Å². The molecule has 2 aromatic rings. The van der Waals surface area contributed by atoms with Crippen molar-refractivity contribution in [2.45, 2.75) is 0 Å². The van der Waals surface area contributed by atoms with E-state index in [-0.39, 0.29) is 22.4 Å². The molecule has 4 nitrogen and oxygen atoms in total. The Kier molecular flexibility index (Phi) is 3.41. The number of rotatable bonds is 3. The summed E-state index contributed by atoms with van der Waals surface area (Å²) >= 11 is 0. The average molecular weight is 265 g/mol. The van der Waals surface area contributed by atoms with Crippen LogP contribution in [-0.2, 0) is 0 Å². The van der Waals surface area contributed by atoms with Gasteiger partial charge in [-0.05, 0) is 6.07 Å². The Morgan fingerprint density at radius 3 is 2.63 bits per heavy atom. The number of ether oxygens (including phenoxy) is 1. The monoisotopic (exact) mass is 265 g/mol. The molecule has 2 rings (SSSR count). The number of methoxy groups -OCH3 is 1. The highest BCUT2D eigenvalue weighted by Gasteiger charge is 2.21. The minimum atomic E-state index is -1.31. The van der Waals surface area contributed by atoms with Crippen LogP contribution in [0.25, 0.3) is 11.1 Å². The summed E-state index contributed by atoms with van der Waals surface area (Å²) in [6.07, 6.45) is 2.36. The van der Waals surface area contributed by atoms with Crippen molar-refractivity contribution >= 4 is 5.97 Å². The van der Waals surface area contributed by atoms with Crippen LogP contribution in [-0.4, -0.2) is 23.2 Å². The second kappa shape index (κ2) is 5.01. The van der Waals surface area contributed by atoms with Gasteiger partial charge in [-0.25, -0.2) is 13.6 Å². The Morgan fingerprint density at radius 2 is 2.00 bits per heavy atom. The number of carbonyl (C=O) groups is 1. The van der Waals surface area contributed by atoms with Crippen molar-refractivity contribution in [1.29, 1.82) is 0 Å². The molecule has 0 aliphatic rings. The van der Waals surface area contributed by atoms with Crippen LogP contribution in [0.4, 0.5) is 8.78 Å². The van der Waals surface area contributed by atoms with E-state index >= 15 is 0 Å². The van der Waals surface area contributed by atoms with E-state index in [4.69, 9.17) is 4.74 Å². The van der Waals surface area contributed by atoms with E-state index in [9.17, 15) is 18.7 Å². The number of nitrogens with zero attached hydrogens (tertiary/aromatic N) is 1. The predicted molar refractivity (Wildman–Crippen MR) is 63.1 cm³/mol. The summed E-state index contributed by atoms with van der Waals surface area (Å²) in [4.78, 5) is 15.0. The first-order valence-electron chi connectivity index (χ1n) is 5.26. The fourth-order valence-corrected chi connectivity index (χ4v) is 1.73. The number of benzene rings is 1. The summed E-state index contributed by atoms with van der Waals surface area (Å²) in [6, 6.07) is 3.52. The first-order valence-corrected chi connectivity index (χ1v) is 5.26. The van der Waals surface area contributed by atoms with E-state index < -0.39 is 17.6 Å². The van der Waals surface area contributed by atoms with Crippen molar-refractivity contribution in [1.82, 2.24) is 4.98 Å². The molecule has 0 radical (unpaired) electrons. The van der Waals surface area contributed by atoms with Gasteiger partial charge < -0.3 is 9.84 Å². The number of carboxylic acids is 1. The van der Waals surface area contributed by atoms with Gasteiger partial charge >= 0.3 is 5.97 Å². The number of hydrogen-bond acceptors (Lipinski definition) is 3. The van der Waals surface area contributed by atoms with Crippen LogP contribution in [0, 0.1) is 11.6 Å². The smallest absolute Gasteiger partial charge is 0.340 e. The van der Waals surface area contributed by atoms with Crippen LogP contribution in [0.5, 0.6) is 5.75 Å². The van der Waals surface area contributed by atoms with Gasteiger partial charge in [-0.15, -0.1) is 0 Å². The number of pyridine rings is 1. The van der Waals surface area contributed by atoms with E-state index in [1.165, 1.54) is 25.4 Å². The van der Waals surface area contributed by atoms with Gasteiger partial charge in [0.1, 0.15) is 5.56 Å². The van der Waals surface area contributed by atoms with Gasteiger partial charge in [0.25, 0.3) is 0 Å². The summed E-state index contributed by atoms with van der Waals surface area (Å²) in [6.45, 7) is 0. The van der Waals surface area contributed by atoms with Crippen molar-refractivity contribution in [3.8, 4) is 16.9 Å². The van der Waals surface area contributed by atoms with Crippen molar-refractivity contribution in [2.75, 3.05) is 7.11 Å². The Balaban J connectivity index is 2.75. The highest BCUT2D eigenvalue weighted by atomic mass is 19.2. The van der Waals surface area contributed by atoms with Crippen molar-refractivity contribution in [2.24, 2.45) is 0 Å². The van der Waals surface area contributed by atoms with Crippen LogP contribution in [0.1, 0.15) is 10.4 Å². The van der Waals surface area contributed by atoms with E-state index in [1.807, 2.05) is 0 Å². The fraction of sp³-hybridized carbons (Fsp3) is 0.0769. The Morgan fingerprint density at radius 1 is 1.26 bits per heavy atom. The number of aromatic carboxylic acids is 1. The second-order valence-electron chi connectivity index (χ2n) is 3.67. The normalized spacial score (nSPS) is 10.3. The zero-order valence-electron chi connectivity index (χ0n) is 9.85. The molecule has 19 heavy (non-hydrogen) atoms. The molecule has 1 aromatic carbocycles. The van der Waals surface area contributed by atoms with Gasteiger partial charge in [0.2, 0.25) is 0 Å². The maximum absolute atomic E-state index is 13.7. The first-order chi connectivity index (χ1) is 9.06. The highest BCUT2D eigenvalue weighted by Crippen LogP contribution is 2.31. The van der Waals surface area contributed by atoms with E-state index in [2.05, 4.69) is 4.98 Å². The third-order valence-electron chi connectivity index (χ3n) is 2.59. The second-order valence-corrected chi connectivity index (χ2v) is 3.67. The molecule has 0 aliphatic heterocycles. The lowest BCUT2D eigenvalue weighted by atomic mass is 10.0. The van der Waals surface area contributed by atoms with Gasteiger partial charge in [0.05, 0.1) is 13.3 Å². The lowest BCUT2D eigenvalue weighted by molar-refractivity contribution is 0.0694. The molecule has 1 N–H and O–H groups in total. The summed E-state index contributed by atoms with van der Waals surface area (Å²) in [5.41, 5.74) is -0.477. The molecule has 1 heterocycles. The maximum atomic E-state index is 13.7. The predicted octanol–water partition coefficient (Wildman–Crippen LogP) is 2.73. The zero-order chi connectivity index (χ0) is 14.0. The van der Waals surface area contributed by atoms with Crippen LogP contribution >= 0.6 is 0 Å². The van der Waals surface area contributed by atoms with Crippen molar-refractivity contribution < 1.29 is 23.4 Å². The van der Waals surface area contributed by atoms with Crippen molar-refractivity contribution in [3.05, 3.63) is 47.8 Å². The molecule has 98 valence electrons. The molecule has 0 atom stereocenters. The standard InChI is InChI=1S/C13H9F2NO3/c1-19-10-6-16-5-8(11(10)13(17)18)7-3-2-4-9(14)12(7)15/h2-6H,1H3,(H,17,18). The van der Waals surface area contributed by atoms with Crippen LogP contribution in [0.2, 0.25) is 0 Å². The summed E-state index contributed by atoms with van der Waals surface area (Å²) in [5, 5.41) is 9.18. The molecule has 0 saturated carbocycles. The van der Waals surface area contributed by atoms with Gasteiger partial charge in [0.15, 0.2) is 17.4 Å². The van der Waals surface area contributed by atoms with Crippen LogP contribution < -0.4 is 4.74 Å². The van der Waals surface area contributed by atoms with Crippen LogP contribution in [0.15, 0.2) is 30.6 Å². The molecular weight excluding hydrogens is 256 g/mol. The molecule has 0 bridgehead atoms. The molecule has 0 unspecified atom stereocenters. The molecule has 0 spiro atoms. The van der Waals surface area contributed by atoms with Gasteiger partial charge in [0, 0.05) is 17.3 Å². The molecule has 0 saturated heterocycles. The minimum absolute atomic E-state index is 0.0198. The van der Waals surface area contributed by atoms with Gasteiger partial charge in [-0.1, -0.05) is 12.1 Å². The molecule has 1 aromatic heterocycles. The van der Waals surface area contributed by atoms with Crippen LogP contribution in [0.3, 0.4) is 0 Å². The first kappa shape index (κ1) is 12.9. The summed E-state index contributed by atoms with van der Waals surface area (Å²) in [7, 11) is 1.27. The number of hydrogen-bond donors (Lipinski definition) is 1. The number of aromatic nitrogens is 1.